The number of benzene rings is 1. The molecule has 0 atom stereocenters. The summed E-state index contributed by atoms with van der Waals surface area (Å²) in [4.78, 5) is 27.4. The van der Waals surface area contributed by atoms with Crippen LogP contribution in [0.3, 0.4) is 0 Å². The number of likely N-dealkylation sites (tertiary alicyclic amines) is 1. The fourth-order valence-electron chi connectivity index (χ4n) is 5.07. The van der Waals surface area contributed by atoms with Gasteiger partial charge in [0.05, 0.1) is 5.56 Å². The van der Waals surface area contributed by atoms with E-state index < -0.39 is 0 Å². The van der Waals surface area contributed by atoms with Crippen molar-refractivity contribution in [2.75, 3.05) is 13.1 Å². The molecule has 1 aromatic rings. The molecule has 0 unspecified atom stereocenters. The van der Waals surface area contributed by atoms with E-state index in [1.807, 2.05) is 11.0 Å². The largest absolute Gasteiger partial charge is 0.507 e. The van der Waals surface area contributed by atoms with Gasteiger partial charge in [-0.05, 0) is 74.6 Å². The Hall–Kier alpha value is -2.04. The Morgan fingerprint density at radius 3 is 2.21 bits per heavy atom. The smallest absolute Gasteiger partial charge is 0.255 e. The van der Waals surface area contributed by atoms with E-state index >= 15 is 0 Å². The second-order valence-corrected chi connectivity index (χ2v) is 8.75. The number of hydrogen-bond acceptors (Lipinski definition) is 3. The number of phenols is 1. The normalized spacial score (nSPS) is 21.2. The number of nitrogens with one attached hydrogen (secondary N) is 1. The number of fused-ring (bicyclic) bond motifs is 1. The molecule has 1 aromatic carbocycles. The van der Waals surface area contributed by atoms with E-state index in [9.17, 15) is 14.7 Å². The Kier molecular flexibility index (Phi) is 5.88. The number of aromatic hydroxyl groups is 1. The quantitative estimate of drug-likeness (QED) is 0.837. The van der Waals surface area contributed by atoms with Gasteiger partial charge < -0.3 is 15.3 Å². The molecule has 28 heavy (non-hydrogen) atoms. The molecule has 2 fully saturated rings. The van der Waals surface area contributed by atoms with Crippen molar-refractivity contribution >= 4 is 11.8 Å². The van der Waals surface area contributed by atoms with Crippen LogP contribution < -0.4 is 5.32 Å². The average Bonchev–Trinajstić information content (AvgIpc) is 2.74. The van der Waals surface area contributed by atoms with E-state index in [4.69, 9.17) is 0 Å². The summed E-state index contributed by atoms with van der Waals surface area (Å²) in [5, 5.41) is 13.4. The molecule has 2 aliphatic carbocycles. The number of carbonyl (C=O) groups is 2. The van der Waals surface area contributed by atoms with Gasteiger partial charge >= 0.3 is 0 Å². The lowest BCUT2D eigenvalue weighted by atomic mass is 9.87. The minimum Gasteiger partial charge on any atom is -0.507 e. The van der Waals surface area contributed by atoms with E-state index in [0.29, 0.717) is 11.5 Å². The molecule has 0 bridgehead atoms. The van der Waals surface area contributed by atoms with Crippen molar-refractivity contribution in [1.82, 2.24) is 10.2 Å². The van der Waals surface area contributed by atoms with Crippen LogP contribution in [0.5, 0.6) is 5.75 Å². The summed E-state index contributed by atoms with van der Waals surface area (Å²) in [5.41, 5.74) is 2.76. The molecule has 5 heteroatoms. The number of aryl methyl sites for hydroxylation is 2. The zero-order valence-corrected chi connectivity index (χ0v) is 16.7. The Bertz CT molecular complexity index is 732. The summed E-state index contributed by atoms with van der Waals surface area (Å²) in [7, 11) is 0. The molecule has 152 valence electrons. The fourth-order valence-corrected chi connectivity index (χ4v) is 5.07. The van der Waals surface area contributed by atoms with Crippen molar-refractivity contribution in [1.29, 1.82) is 0 Å². The van der Waals surface area contributed by atoms with Crippen LogP contribution in [0.2, 0.25) is 0 Å². The number of hydrogen-bond donors (Lipinski definition) is 2. The third-order valence-electron chi connectivity index (χ3n) is 6.80. The van der Waals surface area contributed by atoms with Crippen LogP contribution >= 0.6 is 0 Å². The average molecular weight is 385 g/mol. The van der Waals surface area contributed by atoms with Crippen LogP contribution in [-0.2, 0) is 17.6 Å². The molecule has 0 radical (unpaired) electrons. The molecule has 0 aromatic heterocycles. The maximum atomic E-state index is 12.7. The second-order valence-electron chi connectivity index (χ2n) is 8.75. The Labute approximate surface area is 167 Å². The summed E-state index contributed by atoms with van der Waals surface area (Å²) in [6.45, 7) is 1.44. The van der Waals surface area contributed by atoms with Gasteiger partial charge in [-0.1, -0.05) is 19.3 Å². The summed E-state index contributed by atoms with van der Waals surface area (Å²) < 4.78 is 0. The molecule has 4 rings (SSSR count). The fraction of sp³-hybridized carbons (Fsp3) is 0.652. The molecule has 1 saturated carbocycles. The number of rotatable bonds is 3. The first-order valence-corrected chi connectivity index (χ1v) is 11.1. The Morgan fingerprint density at radius 1 is 0.893 bits per heavy atom. The molecule has 1 aliphatic heterocycles. The molecule has 5 nitrogen and oxygen atoms in total. The number of nitrogens with zero attached hydrogens (tertiary/aromatic N) is 1. The topological polar surface area (TPSA) is 69.6 Å². The van der Waals surface area contributed by atoms with E-state index in [2.05, 4.69) is 5.32 Å². The molecule has 1 heterocycles. The third-order valence-corrected chi connectivity index (χ3v) is 6.80. The highest BCUT2D eigenvalue weighted by Crippen LogP contribution is 2.29. The third kappa shape index (κ3) is 4.18. The van der Waals surface area contributed by atoms with E-state index in [1.54, 1.807) is 6.07 Å². The second kappa shape index (κ2) is 8.54. The monoisotopic (exact) mass is 384 g/mol. The number of piperidine rings is 1. The first kappa shape index (κ1) is 19.3. The predicted molar refractivity (Wildman–Crippen MR) is 108 cm³/mol. The highest BCUT2D eigenvalue weighted by molar-refractivity contribution is 5.97. The Morgan fingerprint density at radius 2 is 1.54 bits per heavy atom. The van der Waals surface area contributed by atoms with Crippen LogP contribution in [-0.4, -0.2) is 41.0 Å². The SMILES string of the molecule is O=C(NC1CCN(C(=O)C2CCCCC2)CC1)c1cc2c(cc1O)CCCC2. The standard InChI is InChI=1S/C23H32N2O3/c26-21-15-18-9-5-4-8-17(18)14-20(21)22(27)24-19-10-12-25(13-11-19)23(28)16-6-2-1-3-7-16/h14-16,19,26H,1-13H2,(H,24,27). The maximum absolute atomic E-state index is 12.7. The molecule has 0 spiro atoms. The van der Waals surface area contributed by atoms with Gasteiger partial charge in [0.2, 0.25) is 5.91 Å². The number of amides is 2. The van der Waals surface area contributed by atoms with E-state index in [0.717, 1.165) is 64.5 Å². The highest BCUT2D eigenvalue weighted by Gasteiger charge is 2.30. The first-order chi connectivity index (χ1) is 13.6. The molecule has 2 amide bonds. The van der Waals surface area contributed by atoms with Crippen molar-refractivity contribution in [2.45, 2.75) is 76.7 Å². The summed E-state index contributed by atoms with van der Waals surface area (Å²) in [6.07, 6.45) is 11.5. The molecule has 3 aliphatic rings. The molecule has 1 saturated heterocycles. The van der Waals surface area contributed by atoms with Crippen molar-refractivity contribution in [3.63, 3.8) is 0 Å². The number of phenolic OH excluding ortho intramolecular Hbond substituents is 1. The van der Waals surface area contributed by atoms with Crippen LogP contribution in [0, 0.1) is 5.92 Å². The summed E-state index contributed by atoms with van der Waals surface area (Å²) in [6, 6.07) is 3.72. The minimum absolute atomic E-state index is 0.0679. The van der Waals surface area contributed by atoms with Crippen molar-refractivity contribution in [3.8, 4) is 5.75 Å². The Balaban J connectivity index is 1.32. The van der Waals surface area contributed by atoms with Crippen LogP contribution in [0.1, 0.15) is 79.3 Å². The highest BCUT2D eigenvalue weighted by atomic mass is 16.3. The summed E-state index contributed by atoms with van der Waals surface area (Å²) >= 11 is 0. The van der Waals surface area contributed by atoms with E-state index in [-0.39, 0.29) is 23.6 Å². The first-order valence-electron chi connectivity index (χ1n) is 11.1. The van der Waals surface area contributed by atoms with Gasteiger partial charge in [0.1, 0.15) is 5.75 Å². The lowest BCUT2D eigenvalue weighted by Crippen LogP contribution is -2.48. The van der Waals surface area contributed by atoms with Gasteiger partial charge in [-0.25, -0.2) is 0 Å². The number of carbonyl (C=O) groups excluding carboxylic acids is 2. The van der Waals surface area contributed by atoms with Crippen molar-refractivity contribution in [3.05, 3.63) is 28.8 Å². The van der Waals surface area contributed by atoms with Gasteiger partial charge in [-0.3, -0.25) is 9.59 Å². The maximum Gasteiger partial charge on any atom is 0.255 e. The van der Waals surface area contributed by atoms with Crippen molar-refractivity contribution in [2.24, 2.45) is 5.92 Å². The lowest BCUT2D eigenvalue weighted by molar-refractivity contribution is -0.137. The molecular weight excluding hydrogens is 352 g/mol. The van der Waals surface area contributed by atoms with Gasteiger partial charge in [-0.2, -0.15) is 0 Å². The van der Waals surface area contributed by atoms with Gasteiger partial charge in [0.25, 0.3) is 5.91 Å². The zero-order valence-electron chi connectivity index (χ0n) is 16.7. The minimum atomic E-state index is -0.192. The van der Waals surface area contributed by atoms with Crippen LogP contribution in [0.4, 0.5) is 0 Å². The molecule has 2 N–H and O–H groups in total. The zero-order chi connectivity index (χ0) is 19.5. The van der Waals surface area contributed by atoms with Gasteiger partial charge in [0.15, 0.2) is 0 Å². The van der Waals surface area contributed by atoms with Crippen LogP contribution in [0.25, 0.3) is 0 Å². The van der Waals surface area contributed by atoms with E-state index in [1.165, 1.54) is 30.4 Å². The van der Waals surface area contributed by atoms with Gasteiger partial charge in [0, 0.05) is 25.0 Å². The van der Waals surface area contributed by atoms with Crippen molar-refractivity contribution < 1.29 is 14.7 Å². The summed E-state index contributed by atoms with van der Waals surface area (Å²) in [5.74, 6) is 0.426. The van der Waals surface area contributed by atoms with Gasteiger partial charge in [-0.15, -0.1) is 0 Å². The van der Waals surface area contributed by atoms with Crippen LogP contribution in [0.15, 0.2) is 12.1 Å². The predicted octanol–water partition coefficient (Wildman–Crippen LogP) is 3.57. The lowest BCUT2D eigenvalue weighted by Gasteiger charge is -2.35. The molecular formula is C23H32N2O3.